The molecule has 1 aromatic carbocycles. The average molecular weight is 326 g/mol. The fraction of sp³-hybridized carbons (Fsp3) is 0.533. The summed E-state index contributed by atoms with van der Waals surface area (Å²) in [6.07, 6.45) is 0.324. The van der Waals surface area contributed by atoms with Crippen molar-refractivity contribution in [2.45, 2.75) is 13.3 Å². The molecule has 0 saturated carbocycles. The van der Waals surface area contributed by atoms with E-state index in [1.165, 1.54) is 4.31 Å². The standard InChI is InChI=1S/C15H22N2O4S/c1-3-22(19,20)17-10-8-16(9-11-17)15(18)12-13-4-6-14(21-2)7-5-13/h4-7H,3,8-12H2,1-2H3. The Morgan fingerprint density at radius 2 is 1.73 bits per heavy atom. The van der Waals surface area contributed by atoms with Crippen LogP contribution in [0, 0.1) is 0 Å². The van der Waals surface area contributed by atoms with Crippen LogP contribution in [0.3, 0.4) is 0 Å². The van der Waals surface area contributed by atoms with Gasteiger partial charge in [0.15, 0.2) is 0 Å². The van der Waals surface area contributed by atoms with Crippen LogP contribution in [0.15, 0.2) is 24.3 Å². The van der Waals surface area contributed by atoms with Gasteiger partial charge in [0.25, 0.3) is 0 Å². The van der Waals surface area contributed by atoms with Crippen molar-refractivity contribution in [3.8, 4) is 5.75 Å². The van der Waals surface area contributed by atoms with E-state index in [2.05, 4.69) is 0 Å². The number of hydrogen-bond donors (Lipinski definition) is 0. The van der Waals surface area contributed by atoms with Gasteiger partial charge in [0.2, 0.25) is 15.9 Å². The van der Waals surface area contributed by atoms with Gasteiger partial charge < -0.3 is 9.64 Å². The van der Waals surface area contributed by atoms with E-state index >= 15 is 0 Å². The maximum atomic E-state index is 12.3. The summed E-state index contributed by atoms with van der Waals surface area (Å²) in [5.41, 5.74) is 0.925. The van der Waals surface area contributed by atoms with E-state index in [9.17, 15) is 13.2 Å². The molecular weight excluding hydrogens is 304 g/mol. The van der Waals surface area contributed by atoms with Crippen LogP contribution in [-0.2, 0) is 21.2 Å². The highest BCUT2D eigenvalue weighted by molar-refractivity contribution is 7.89. The molecule has 2 rings (SSSR count). The summed E-state index contributed by atoms with van der Waals surface area (Å²) in [5, 5.41) is 0. The molecule has 0 aliphatic carbocycles. The zero-order valence-corrected chi connectivity index (χ0v) is 13.8. The second kappa shape index (κ2) is 7.11. The number of piperazine rings is 1. The van der Waals surface area contributed by atoms with Crippen LogP contribution < -0.4 is 4.74 Å². The Balaban J connectivity index is 1.89. The Bertz CT molecular complexity index is 605. The number of nitrogens with zero attached hydrogens (tertiary/aromatic N) is 2. The third-order valence-corrected chi connectivity index (χ3v) is 5.75. The number of rotatable bonds is 5. The lowest BCUT2D eigenvalue weighted by Crippen LogP contribution is -2.51. The number of sulfonamides is 1. The van der Waals surface area contributed by atoms with Gasteiger partial charge >= 0.3 is 0 Å². The largest absolute Gasteiger partial charge is 0.497 e. The van der Waals surface area contributed by atoms with E-state index in [1.807, 2.05) is 24.3 Å². The Hall–Kier alpha value is -1.60. The summed E-state index contributed by atoms with van der Waals surface area (Å²) in [6, 6.07) is 7.39. The maximum Gasteiger partial charge on any atom is 0.227 e. The fourth-order valence-electron chi connectivity index (χ4n) is 2.43. The summed E-state index contributed by atoms with van der Waals surface area (Å²) < 4.78 is 30.1. The van der Waals surface area contributed by atoms with Gasteiger partial charge in [-0.15, -0.1) is 0 Å². The second-order valence-electron chi connectivity index (χ2n) is 5.21. The molecule has 0 unspecified atom stereocenters. The van der Waals surface area contributed by atoms with Crippen LogP contribution in [0.25, 0.3) is 0 Å². The van der Waals surface area contributed by atoms with Crippen LogP contribution in [0.1, 0.15) is 12.5 Å². The van der Waals surface area contributed by atoms with E-state index in [-0.39, 0.29) is 11.7 Å². The van der Waals surface area contributed by atoms with Crippen LogP contribution in [0.4, 0.5) is 0 Å². The van der Waals surface area contributed by atoms with Crippen molar-refractivity contribution in [1.29, 1.82) is 0 Å². The first-order valence-corrected chi connectivity index (χ1v) is 8.95. The molecule has 1 aliphatic rings. The highest BCUT2D eigenvalue weighted by atomic mass is 32.2. The minimum Gasteiger partial charge on any atom is -0.497 e. The molecule has 1 heterocycles. The Kier molecular flexibility index (Phi) is 5.42. The molecule has 0 bridgehead atoms. The molecule has 1 aromatic rings. The molecule has 1 fully saturated rings. The minimum absolute atomic E-state index is 0.0266. The first-order chi connectivity index (χ1) is 10.5. The van der Waals surface area contributed by atoms with Crippen molar-refractivity contribution < 1.29 is 17.9 Å². The van der Waals surface area contributed by atoms with E-state index in [1.54, 1.807) is 18.9 Å². The molecule has 0 N–H and O–H groups in total. The number of amides is 1. The Labute approximate surface area is 131 Å². The topological polar surface area (TPSA) is 66.9 Å². The lowest BCUT2D eigenvalue weighted by Gasteiger charge is -2.33. The first-order valence-electron chi connectivity index (χ1n) is 7.35. The van der Waals surface area contributed by atoms with Gasteiger partial charge in [-0.25, -0.2) is 8.42 Å². The van der Waals surface area contributed by atoms with Crippen molar-refractivity contribution in [3.05, 3.63) is 29.8 Å². The van der Waals surface area contributed by atoms with Crippen LogP contribution in [-0.4, -0.2) is 62.6 Å². The molecular formula is C15H22N2O4S. The van der Waals surface area contributed by atoms with Crippen molar-refractivity contribution in [2.75, 3.05) is 39.0 Å². The molecule has 0 aromatic heterocycles. The van der Waals surface area contributed by atoms with Crippen molar-refractivity contribution >= 4 is 15.9 Å². The third kappa shape index (κ3) is 3.98. The molecule has 7 heteroatoms. The van der Waals surface area contributed by atoms with E-state index in [4.69, 9.17) is 4.74 Å². The van der Waals surface area contributed by atoms with Gasteiger partial charge in [-0.2, -0.15) is 4.31 Å². The predicted octanol–water partition coefficient (Wildman–Crippen LogP) is 0.732. The second-order valence-corrected chi connectivity index (χ2v) is 7.46. The molecule has 0 spiro atoms. The van der Waals surface area contributed by atoms with E-state index in [0.717, 1.165) is 11.3 Å². The zero-order valence-electron chi connectivity index (χ0n) is 13.0. The summed E-state index contributed by atoms with van der Waals surface area (Å²) >= 11 is 0. The summed E-state index contributed by atoms with van der Waals surface area (Å²) in [6.45, 7) is 3.30. The summed E-state index contributed by atoms with van der Waals surface area (Å²) in [4.78, 5) is 14.0. The van der Waals surface area contributed by atoms with Crippen molar-refractivity contribution in [1.82, 2.24) is 9.21 Å². The van der Waals surface area contributed by atoms with Gasteiger partial charge in [0.1, 0.15) is 5.75 Å². The van der Waals surface area contributed by atoms with Gasteiger partial charge in [0.05, 0.1) is 19.3 Å². The highest BCUT2D eigenvalue weighted by Gasteiger charge is 2.27. The zero-order chi connectivity index (χ0) is 16.2. The molecule has 1 aliphatic heterocycles. The fourth-order valence-corrected chi connectivity index (χ4v) is 3.51. The van der Waals surface area contributed by atoms with E-state index in [0.29, 0.717) is 32.6 Å². The number of methoxy groups -OCH3 is 1. The average Bonchev–Trinajstić information content (AvgIpc) is 2.55. The number of carbonyl (C=O) groups excluding carboxylic acids is 1. The number of ether oxygens (including phenoxy) is 1. The van der Waals surface area contributed by atoms with Crippen LogP contribution in [0.2, 0.25) is 0 Å². The van der Waals surface area contributed by atoms with Crippen molar-refractivity contribution in [2.24, 2.45) is 0 Å². The number of benzene rings is 1. The third-order valence-electron chi connectivity index (χ3n) is 3.86. The van der Waals surface area contributed by atoms with Gasteiger partial charge in [0, 0.05) is 26.2 Å². The molecule has 0 atom stereocenters. The molecule has 6 nitrogen and oxygen atoms in total. The molecule has 122 valence electrons. The lowest BCUT2D eigenvalue weighted by molar-refractivity contribution is -0.131. The van der Waals surface area contributed by atoms with Crippen LogP contribution in [0.5, 0.6) is 5.75 Å². The summed E-state index contributed by atoms with van der Waals surface area (Å²) in [5.74, 6) is 0.889. The maximum absolute atomic E-state index is 12.3. The Morgan fingerprint density at radius 1 is 1.14 bits per heavy atom. The van der Waals surface area contributed by atoms with E-state index < -0.39 is 10.0 Å². The Morgan fingerprint density at radius 3 is 2.23 bits per heavy atom. The molecule has 0 radical (unpaired) electrons. The van der Waals surface area contributed by atoms with Crippen LogP contribution >= 0.6 is 0 Å². The van der Waals surface area contributed by atoms with Gasteiger partial charge in [-0.3, -0.25) is 4.79 Å². The summed E-state index contributed by atoms with van der Waals surface area (Å²) in [7, 11) is -1.55. The highest BCUT2D eigenvalue weighted by Crippen LogP contribution is 2.14. The predicted molar refractivity (Wildman–Crippen MR) is 84.3 cm³/mol. The quantitative estimate of drug-likeness (QED) is 0.800. The first kappa shape index (κ1) is 16.8. The number of carbonyl (C=O) groups is 1. The van der Waals surface area contributed by atoms with Gasteiger partial charge in [-0.1, -0.05) is 12.1 Å². The van der Waals surface area contributed by atoms with Gasteiger partial charge in [-0.05, 0) is 24.6 Å². The molecule has 1 saturated heterocycles. The molecule has 1 amide bonds. The SMILES string of the molecule is CCS(=O)(=O)N1CCN(C(=O)Cc2ccc(OC)cc2)CC1. The smallest absolute Gasteiger partial charge is 0.227 e. The minimum atomic E-state index is -3.16. The van der Waals surface area contributed by atoms with Crippen molar-refractivity contribution in [3.63, 3.8) is 0 Å². The lowest BCUT2D eigenvalue weighted by atomic mass is 10.1. The number of hydrogen-bond acceptors (Lipinski definition) is 4. The molecule has 22 heavy (non-hydrogen) atoms. The monoisotopic (exact) mass is 326 g/mol. The normalized spacial score (nSPS) is 16.5.